The van der Waals surface area contributed by atoms with Gasteiger partial charge in [0.1, 0.15) is 18.3 Å². The Hall–Kier alpha value is -1.66. The predicted molar refractivity (Wildman–Crippen MR) is 78.0 cm³/mol. The van der Waals surface area contributed by atoms with E-state index in [1.165, 1.54) is 17.0 Å². The molecule has 2 aromatic heterocycles. The van der Waals surface area contributed by atoms with E-state index in [1.807, 2.05) is 0 Å². The first kappa shape index (κ1) is 17.2. The number of fused-ring (bicyclic) bond motifs is 1. The Balaban J connectivity index is 1.86. The van der Waals surface area contributed by atoms with Crippen LogP contribution < -0.4 is 11.3 Å². The molecule has 1 fully saturated rings. The molecule has 0 aromatic carbocycles. The minimum atomic E-state index is -2.30. The minimum absolute atomic E-state index is 0.0372. The van der Waals surface area contributed by atoms with Crippen molar-refractivity contribution in [3.8, 4) is 0 Å². The standard InChI is InChI=1S/C11H14FN4O7P/c12-6-8(18)10(21-11(6)22-23-24(20)3-17)16-2-14-7-4(16)1-5(13)15-9(7)19/h1-2,6,8,10-11,17-18,20H,3H2,(H3,13,15,19)/t6-,8?,10-,11-,24?/m1/s1. The number of ether oxygens (including phenoxy) is 1. The van der Waals surface area contributed by atoms with Gasteiger partial charge in [0.05, 0.1) is 11.8 Å². The van der Waals surface area contributed by atoms with E-state index >= 15 is 0 Å². The molecular weight excluding hydrogens is 350 g/mol. The van der Waals surface area contributed by atoms with E-state index in [2.05, 4.69) is 19.5 Å². The van der Waals surface area contributed by atoms with Gasteiger partial charge in [0, 0.05) is 6.07 Å². The molecule has 2 unspecified atom stereocenters. The summed E-state index contributed by atoms with van der Waals surface area (Å²) < 4.78 is 24.9. The van der Waals surface area contributed by atoms with E-state index in [1.54, 1.807) is 0 Å². The lowest BCUT2D eigenvalue weighted by atomic mass is 10.2. The van der Waals surface area contributed by atoms with E-state index in [9.17, 15) is 14.3 Å². The first-order chi connectivity index (χ1) is 11.4. The van der Waals surface area contributed by atoms with Crippen LogP contribution in [0, 0.1) is 0 Å². The van der Waals surface area contributed by atoms with E-state index in [-0.39, 0.29) is 16.9 Å². The number of nitrogen functional groups attached to an aromatic ring is 1. The summed E-state index contributed by atoms with van der Waals surface area (Å²) >= 11 is 0. The molecule has 6 N–H and O–H groups in total. The Morgan fingerprint density at radius 1 is 1.58 bits per heavy atom. The topological polar surface area (TPSA) is 165 Å². The predicted octanol–water partition coefficient (Wildman–Crippen LogP) is -0.937. The van der Waals surface area contributed by atoms with Gasteiger partial charge in [0.15, 0.2) is 17.9 Å². The average Bonchev–Trinajstić information content (AvgIpc) is 3.08. The molecule has 3 rings (SSSR count). The lowest BCUT2D eigenvalue weighted by molar-refractivity contribution is -0.327. The maximum absolute atomic E-state index is 14.1. The fraction of sp³-hybridized carbons (Fsp3) is 0.455. The normalized spacial score (nSPS) is 28.5. The number of nitrogens with zero attached hydrogens (tertiary/aromatic N) is 2. The third-order valence-electron chi connectivity index (χ3n) is 3.37. The number of nitrogens with two attached hydrogens (primary N) is 1. The molecule has 1 aliphatic rings. The highest BCUT2D eigenvalue weighted by Crippen LogP contribution is 2.37. The molecule has 0 spiro atoms. The van der Waals surface area contributed by atoms with Gasteiger partial charge in [0.25, 0.3) is 5.56 Å². The third kappa shape index (κ3) is 3.00. The number of aliphatic hydroxyl groups excluding tert-OH is 2. The Kier molecular flexibility index (Phi) is 4.78. The smallest absolute Gasteiger partial charge is 0.277 e. The molecular formula is C11H14FN4O7P. The van der Waals surface area contributed by atoms with Crippen molar-refractivity contribution < 1.29 is 33.8 Å². The van der Waals surface area contributed by atoms with Crippen molar-refractivity contribution in [1.82, 2.24) is 14.5 Å². The van der Waals surface area contributed by atoms with Crippen LogP contribution in [0.5, 0.6) is 0 Å². The molecule has 1 aliphatic heterocycles. The molecule has 11 nitrogen and oxygen atoms in total. The number of alkyl halides is 1. The molecule has 0 aliphatic carbocycles. The van der Waals surface area contributed by atoms with Crippen molar-refractivity contribution in [2.45, 2.75) is 24.8 Å². The number of nitrogens with one attached hydrogen (secondary N) is 1. The first-order valence-electron chi connectivity index (χ1n) is 6.66. The van der Waals surface area contributed by atoms with Crippen molar-refractivity contribution >= 4 is 25.2 Å². The quantitative estimate of drug-likeness (QED) is 0.256. The fourth-order valence-corrected chi connectivity index (χ4v) is 2.53. The maximum Gasteiger partial charge on any atom is 0.277 e. The molecule has 0 bridgehead atoms. The van der Waals surface area contributed by atoms with Gasteiger partial charge in [-0.1, -0.05) is 0 Å². The van der Waals surface area contributed by atoms with Gasteiger partial charge >= 0.3 is 0 Å². The van der Waals surface area contributed by atoms with Gasteiger partial charge < -0.3 is 35.1 Å². The van der Waals surface area contributed by atoms with Crippen molar-refractivity contribution in [3.63, 3.8) is 0 Å². The van der Waals surface area contributed by atoms with Crippen LogP contribution >= 0.6 is 8.38 Å². The van der Waals surface area contributed by atoms with Crippen molar-refractivity contribution in [2.75, 3.05) is 12.1 Å². The SMILES string of the molecule is Nc1cc2c(ncn2[C@@H]2O[C@H](OOP(O)CO)[C@H](F)C2O)c(=O)[nH]1. The highest BCUT2D eigenvalue weighted by molar-refractivity contribution is 7.45. The molecule has 0 amide bonds. The van der Waals surface area contributed by atoms with E-state index in [0.29, 0.717) is 0 Å². The van der Waals surface area contributed by atoms with Crippen LogP contribution in [0.15, 0.2) is 17.2 Å². The van der Waals surface area contributed by atoms with Crippen LogP contribution in [0.2, 0.25) is 0 Å². The van der Waals surface area contributed by atoms with Gasteiger partial charge in [0.2, 0.25) is 14.7 Å². The second-order valence-electron chi connectivity index (χ2n) is 4.93. The third-order valence-corrected chi connectivity index (χ3v) is 3.87. The van der Waals surface area contributed by atoms with Crippen LogP contribution in [0.3, 0.4) is 0 Å². The zero-order valence-electron chi connectivity index (χ0n) is 11.9. The summed E-state index contributed by atoms with van der Waals surface area (Å²) in [5.41, 5.74) is 5.29. The molecule has 0 saturated carbocycles. The number of H-pyrrole nitrogens is 1. The number of aliphatic hydroxyl groups is 2. The first-order valence-corrected chi connectivity index (χ1v) is 8.05. The van der Waals surface area contributed by atoms with E-state index in [4.69, 9.17) is 20.5 Å². The largest absolute Gasteiger partial charge is 0.387 e. The molecule has 3 heterocycles. The van der Waals surface area contributed by atoms with Gasteiger partial charge in [-0.3, -0.25) is 4.79 Å². The van der Waals surface area contributed by atoms with Crippen LogP contribution in [0.1, 0.15) is 6.23 Å². The summed E-state index contributed by atoms with van der Waals surface area (Å²) in [5.74, 6) is 0.0588. The monoisotopic (exact) mass is 364 g/mol. The molecule has 13 heteroatoms. The van der Waals surface area contributed by atoms with E-state index < -0.39 is 45.1 Å². The zero-order chi connectivity index (χ0) is 17.4. The zero-order valence-corrected chi connectivity index (χ0v) is 12.8. The number of hydrogen-bond donors (Lipinski definition) is 5. The summed E-state index contributed by atoms with van der Waals surface area (Å²) in [6.45, 7) is 0. The highest BCUT2D eigenvalue weighted by Gasteiger charge is 2.47. The second kappa shape index (κ2) is 6.69. The molecule has 0 radical (unpaired) electrons. The molecule has 5 atom stereocenters. The average molecular weight is 364 g/mol. The number of aromatic amines is 1. The summed E-state index contributed by atoms with van der Waals surface area (Å²) in [5, 5.41) is 18.6. The Labute approximate surface area is 134 Å². The molecule has 1 saturated heterocycles. The number of rotatable bonds is 5. The van der Waals surface area contributed by atoms with Crippen LogP contribution in [0.25, 0.3) is 11.0 Å². The molecule has 24 heavy (non-hydrogen) atoms. The summed E-state index contributed by atoms with van der Waals surface area (Å²) in [4.78, 5) is 31.7. The van der Waals surface area contributed by atoms with Crippen LogP contribution in [-0.4, -0.2) is 54.6 Å². The number of aromatic nitrogens is 3. The fourth-order valence-electron chi connectivity index (χ4n) is 2.30. The summed E-state index contributed by atoms with van der Waals surface area (Å²) in [7, 11) is -2.30. The summed E-state index contributed by atoms with van der Waals surface area (Å²) in [6, 6.07) is 1.39. The van der Waals surface area contributed by atoms with Crippen molar-refractivity contribution in [2.24, 2.45) is 0 Å². The number of imidazole rings is 1. The minimum Gasteiger partial charge on any atom is -0.387 e. The lowest BCUT2D eigenvalue weighted by Crippen LogP contribution is -2.29. The Morgan fingerprint density at radius 2 is 2.33 bits per heavy atom. The second-order valence-corrected chi connectivity index (χ2v) is 6.07. The highest BCUT2D eigenvalue weighted by atomic mass is 31.2. The lowest BCUT2D eigenvalue weighted by Gasteiger charge is -2.16. The van der Waals surface area contributed by atoms with E-state index in [0.717, 1.165) is 0 Å². The number of pyridine rings is 1. The van der Waals surface area contributed by atoms with Crippen molar-refractivity contribution in [3.05, 3.63) is 22.7 Å². The van der Waals surface area contributed by atoms with Gasteiger partial charge in [-0.2, -0.15) is 9.56 Å². The van der Waals surface area contributed by atoms with Gasteiger partial charge in [-0.05, 0) is 0 Å². The Morgan fingerprint density at radius 3 is 3.04 bits per heavy atom. The number of anilines is 1. The maximum atomic E-state index is 14.1. The van der Waals surface area contributed by atoms with Crippen molar-refractivity contribution in [1.29, 1.82) is 0 Å². The van der Waals surface area contributed by atoms with Gasteiger partial charge in [-0.25, -0.2) is 9.37 Å². The van der Waals surface area contributed by atoms with Crippen LogP contribution in [0.4, 0.5) is 10.2 Å². The number of hydrogen-bond acceptors (Lipinski definition) is 9. The number of halogens is 1. The van der Waals surface area contributed by atoms with Crippen LogP contribution in [-0.2, 0) is 14.3 Å². The molecule has 132 valence electrons. The Bertz CT molecular complexity index is 785. The van der Waals surface area contributed by atoms with Gasteiger partial charge in [-0.15, -0.1) is 0 Å². The molecule has 2 aromatic rings. The summed E-state index contributed by atoms with van der Waals surface area (Å²) in [6.07, 6.45) is -6.09.